The Hall–Kier alpha value is -2.34. The summed E-state index contributed by atoms with van der Waals surface area (Å²) in [5.74, 6) is 1.48. The van der Waals surface area contributed by atoms with Crippen LogP contribution in [0.5, 0.6) is 11.5 Å². The van der Waals surface area contributed by atoms with Crippen molar-refractivity contribution in [2.24, 2.45) is 0 Å². The van der Waals surface area contributed by atoms with Gasteiger partial charge in [0, 0.05) is 39.5 Å². The highest BCUT2D eigenvalue weighted by Gasteiger charge is 2.35. The SMILES string of the molecule is CS(=O)c1ccc(C(=O)NCC2(c3ccc4c(c3)OCO4)CCCCC2)cc1. The van der Waals surface area contributed by atoms with E-state index in [0.29, 0.717) is 12.1 Å². The Morgan fingerprint density at radius 3 is 2.46 bits per heavy atom. The van der Waals surface area contributed by atoms with Crippen molar-refractivity contribution in [1.29, 1.82) is 0 Å². The Labute approximate surface area is 167 Å². The number of hydrogen-bond acceptors (Lipinski definition) is 4. The van der Waals surface area contributed by atoms with Crippen molar-refractivity contribution in [1.82, 2.24) is 5.32 Å². The lowest BCUT2D eigenvalue weighted by molar-refractivity contribution is 0.0936. The first-order chi connectivity index (χ1) is 13.6. The average Bonchev–Trinajstić information content (AvgIpc) is 3.21. The van der Waals surface area contributed by atoms with Crippen LogP contribution in [0.25, 0.3) is 0 Å². The zero-order chi connectivity index (χ0) is 19.6. The summed E-state index contributed by atoms with van der Waals surface area (Å²) in [4.78, 5) is 13.4. The van der Waals surface area contributed by atoms with Crippen molar-refractivity contribution >= 4 is 16.7 Å². The summed E-state index contributed by atoms with van der Waals surface area (Å²) in [5, 5.41) is 3.14. The molecule has 6 heteroatoms. The molecule has 1 heterocycles. The van der Waals surface area contributed by atoms with Crippen LogP contribution in [-0.4, -0.2) is 29.7 Å². The van der Waals surface area contributed by atoms with E-state index in [-0.39, 0.29) is 18.1 Å². The summed E-state index contributed by atoms with van der Waals surface area (Å²) < 4.78 is 22.5. The van der Waals surface area contributed by atoms with E-state index in [4.69, 9.17) is 9.47 Å². The summed E-state index contributed by atoms with van der Waals surface area (Å²) in [6.07, 6.45) is 7.26. The molecule has 1 N–H and O–H groups in total. The number of carbonyl (C=O) groups is 1. The van der Waals surface area contributed by atoms with Crippen LogP contribution in [0, 0.1) is 0 Å². The normalized spacial score (nSPS) is 18.5. The van der Waals surface area contributed by atoms with Gasteiger partial charge in [-0.05, 0) is 54.8 Å². The van der Waals surface area contributed by atoms with Crippen molar-refractivity contribution in [3.8, 4) is 11.5 Å². The van der Waals surface area contributed by atoms with E-state index in [1.165, 1.54) is 12.0 Å². The fourth-order valence-electron chi connectivity index (χ4n) is 4.17. The molecule has 2 aliphatic rings. The van der Waals surface area contributed by atoms with Crippen LogP contribution in [-0.2, 0) is 16.2 Å². The second-order valence-corrected chi connectivity index (χ2v) is 8.95. The van der Waals surface area contributed by atoms with E-state index >= 15 is 0 Å². The maximum Gasteiger partial charge on any atom is 0.251 e. The second kappa shape index (κ2) is 7.95. The van der Waals surface area contributed by atoms with Crippen LogP contribution >= 0.6 is 0 Å². The molecule has 148 valence electrons. The van der Waals surface area contributed by atoms with Crippen molar-refractivity contribution in [3.63, 3.8) is 0 Å². The number of nitrogens with one attached hydrogen (secondary N) is 1. The van der Waals surface area contributed by atoms with Crippen LogP contribution in [0.3, 0.4) is 0 Å². The standard InChI is InChI=1S/C22H25NO4S/c1-28(25)18-8-5-16(6-9-18)21(24)23-14-22(11-3-2-4-12-22)17-7-10-19-20(13-17)27-15-26-19/h5-10,13H,2-4,11-12,14-15H2,1H3,(H,23,24). The minimum Gasteiger partial charge on any atom is -0.454 e. The van der Waals surface area contributed by atoms with Crippen LogP contribution in [0.15, 0.2) is 47.4 Å². The molecule has 5 nitrogen and oxygen atoms in total. The first-order valence-corrected chi connectivity index (χ1v) is 11.3. The summed E-state index contributed by atoms with van der Waals surface area (Å²) in [6, 6.07) is 13.1. The molecule has 1 aliphatic heterocycles. The Bertz CT molecular complexity index is 888. The largest absolute Gasteiger partial charge is 0.454 e. The van der Waals surface area contributed by atoms with Gasteiger partial charge in [0.1, 0.15) is 0 Å². The molecule has 1 aliphatic carbocycles. The highest BCUT2D eigenvalue weighted by atomic mass is 32.2. The molecule has 0 radical (unpaired) electrons. The molecule has 1 fully saturated rings. The summed E-state index contributed by atoms with van der Waals surface area (Å²) in [5.41, 5.74) is 1.71. The number of fused-ring (bicyclic) bond motifs is 1. The number of hydrogen-bond donors (Lipinski definition) is 1. The van der Waals surface area contributed by atoms with Crippen molar-refractivity contribution in [3.05, 3.63) is 53.6 Å². The average molecular weight is 400 g/mol. The molecule has 1 saturated carbocycles. The predicted octanol–water partition coefficient (Wildman–Crippen LogP) is 3.78. The van der Waals surface area contributed by atoms with E-state index in [1.807, 2.05) is 6.07 Å². The molecule has 1 amide bonds. The van der Waals surface area contributed by atoms with Gasteiger partial charge in [-0.3, -0.25) is 9.00 Å². The third-order valence-electron chi connectivity index (χ3n) is 5.83. The van der Waals surface area contributed by atoms with Gasteiger partial charge >= 0.3 is 0 Å². The zero-order valence-corrected chi connectivity index (χ0v) is 16.8. The maximum absolute atomic E-state index is 12.7. The van der Waals surface area contributed by atoms with Gasteiger partial charge in [-0.1, -0.05) is 25.3 Å². The fraction of sp³-hybridized carbons (Fsp3) is 0.409. The van der Waals surface area contributed by atoms with E-state index in [1.54, 1.807) is 30.5 Å². The Kier molecular flexibility index (Phi) is 5.40. The zero-order valence-electron chi connectivity index (χ0n) is 16.0. The molecule has 0 aromatic heterocycles. The quantitative estimate of drug-likeness (QED) is 0.831. The van der Waals surface area contributed by atoms with E-state index in [0.717, 1.165) is 42.1 Å². The Balaban J connectivity index is 1.52. The van der Waals surface area contributed by atoms with E-state index in [9.17, 15) is 9.00 Å². The molecule has 1 unspecified atom stereocenters. The number of amides is 1. The van der Waals surface area contributed by atoms with Crippen LogP contribution in [0.1, 0.15) is 48.0 Å². The van der Waals surface area contributed by atoms with Gasteiger partial charge < -0.3 is 14.8 Å². The fourth-order valence-corrected chi connectivity index (χ4v) is 4.69. The highest BCUT2D eigenvalue weighted by molar-refractivity contribution is 7.84. The molecule has 1 atom stereocenters. The van der Waals surface area contributed by atoms with Crippen LogP contribution in [0.4, 0.5) is 0 Å². The molecule has 0 saturated heterocycles. The Morgan fingerprint density at radius 2 is 1.75 bits per heavy atom. The van der Waals surface area contributed by atoms with E-state index in [2.05, 4.69) is 17.4 Å². The summed E-state index contributed by atoms with van der Waals surface area (Å²) in [6.45, 7) is 0.855. The van der Waals surface area contributed by atoms with Gasteiger partial charge in [0.2, 0.25) is 6.79 Å². The Morgan fingerprint density at radius 1 is 1.04 bits per heavy atom. The lowest BCUT2D eigenvalue weighted by Crippen LogP contribution is -2.42. The molecule has 28 heavy (non-hydrogen) atoms. The van der Waals surface area contributed by atoms with Gasteiger partial charge in [-0.15, -0.1) is 0 Å². The molecule has 2 aromatic rings. The number of rotatable bonds is 5. The van der Waals surface area contributed by atoms with Crippen LogP contribution in [0.2, 0.25) is 0 Å². The van der Waals surface area contributed by atoms with Gasteiger partial charge in [0.15, 0.2) is 11.5 Å². The van der Waals surface area contributed by atoms with Crippen molar-refractivity contribution in [2.75, 3.05) is 19.6 Å². The molecular formula is C22H25NO4S. The minimum absolute atomic E-state index is 0.0836. The van der Waals surface area contributed by atoms with Gasteiger partial charge in [-0.2, -0.15) is 0 Å². The molecule has 0 spiro atoms. The number of ether oxygens (including phenoxy) is 2. The predicted molar refractivity (Wildman–Crippen MR) is 108 cm³/mol. The van der Waals surface area contributed by atoms with E-state index < -0.39 is 10.8 Å². The number of benzene rings is 2. The van der Waals surface area contributed by atoms with Gasteiger partial charge in [0.05, 0.1) is 0 Å². The topological polar surface area (TPSA) is 64.6 Å². The molecule has 2 aromatic carbocycles. The first-order valence-electron chi connectivity index (χ1n) is 9.69. The second-order valence-electron chi connectivity index (χ2n) is 7.57. The van der Waals surface area contributed by atoms with Gasteiger partial charge in [-0.25, -0.2) is 0 Å². The van der Waals surface area contributed by atoms with Crippen LogP contribution < -0.4 is 14.8 Å². The monoisotopic (exact) mass is 399 g/mol. The molecular weight excluding hydrogens is 374 g/mol. The summed E-state index contributed by atoms with van der Waals surface area (Å²) >= 11 is 0. The van der Waals surface area contributed by atoms with Crippen molar-refractivity contribution < 1.29 is 18.5 Å². The van der Waals surface area contributed by atoms with Crippen molar-refractivity contribution in [2.45, 2.75) is 42.4 Å². The third kappa shape index (κ3) is 3.78. The lowest BCUT2D eigenvalue weighted by Gasteiger charge is -2.38. The third-order valence-corrected chi connectivity index (χ3v) is 6.77. The lowest BCUT2D eigenvalue weighted by atomic mass is 9.69. The van der Waals surface area contributed by atoms with Gasteiger partial charge in [0.25, 0.3) is 5.91 Å². The highest BCUT2D eigenvalue weighted by Crippen LogP contribution is 2.43. The molecule has 0 bridgehead atoms. The molecule has 4 rings (SSSR count). The smallest absolute Gasteiger partial charge is 0.251 e. The minimum atomic E-state index is -1.04. The number of carbonyl (C=O) groups excluding carboxylic acids is 1. The first kappa shape index (κ1) is 19.0. The maximum atomic E-state index is 12.7. The summed E-state index contributed by atoms with van der Waals surface area (Å²) in [7, 11) is -1.04.